The Kier molecular flexibility index (Phi) is 3.97. The van der Waals surface area contributed by atoms with E-state index in [2.05, 4.69) is 28.7 Å². The topological polar surface area (TPSA) is 70.6 Å². The maximum Gasteiger partial charge on any atom is 0.140 e. The maximum absolute atomic E-state index is 8.37. The number of amidine groups is 1. The van der Waals surface area contributed by atoms with Gasteiger partial charge in [0.05, 0.1) is 0 Å². The van der Waals surface area contributed by atoms with Crippen molar-refractivity contribution in [3.8, 4) is 0 Å². The van der Waals surface area contributed by atoms with Gasteiger partial charge in [-0.05, 0) is 31.0 Å². The highest BCUT2D eigenvalue weighted by Crippen LogP contribution is 2.15. The molecule has 0 saturated heterocycles. The molecule has 0 aliphatic heterocycles. The summed E-state index contributed by atoms with van der Waals surface area (Å²) < 4.78 is 0. The van der Waals surface area contributed by atoms with Gasteiger partial charge in [-0.25, -0.2) is 0 Å². The van der Waals surface area contributed by atoms with Gasteiger partial charge < -0.3 is 16.3 Å². The van der Waals surface area contributed by atoms with Gasteiger partial charge in [0.15, 0.2) is 0 Å². The number of nitrogens with two attached hydrogens (primary N) is 1. The summed E-state index contributed by atoms with van der Waals surface area (Å²) in [5.74, 6) is 0.243. The molecule has 1 aromatic carbocycles. The van der Waals surface area contributed by atoms with Gasteiger partial charge in [0, 0.05) is 18.7 Å². The lowest BCUT2D eigenvalue weighted by molar-refractivity contribution is 0.317. The number of benzene rings is 1. The summed E-state index contributed by atoms with van der Waals surface area (Å²) in [6, 6.07) is 6.23. The van der Waals surface area contributed by atoms with Crippen LogP contribution >= 0.6 is 0 Å². The zero-order valence-electron chi connectivity index (χ0n) is 9.12. The summed E-state index contributed by atoms with van der Waals surface area (Å²) in [7, 11) is 0. The molecule has 82 valence electrons. The first-order valence-corrected chi connectivity index (χ1v) is 4.91. The van der Waals surface area contributed by atoms with Crippen LogP contribution in [0.15, 0.2) is 23.4 Å². The molecule has 0 fully saturated rings. The number of rotatable bonds is 4. The summed E-state index contributed by atoms with van der Waals surface area (Å²) in [4.78, 5) is 0. The first-order valence-electron chi connectivity index (χ1n) is 4.91. The molecule has 0 amide bonds. The molecule has 4 heteroatoms. The minimum absolute atomic E-state index is 0.243. The van der Waals surface area contributed by atoms with Gasteiger partial charge in [0.2, 0.25) is 0 Å². The predicted octanol–water partition coefficient (Wildman–Crippen LogP) is 1.85. The van der Waals surface area contributed by atoms with Crippen molar-refractivity contribution in [1.82, 2.24) is 0 Å². The monoisotopic (exact) mass is 207 g/mol. The van der Waals surface area contributed by atoms with Crippen LogP contribution < -0.4 is 11.1 Å². The van der Waals surface area contributed by atoms with Crippen molar-refractivity contribution in [3.05, 3.63) is 29.3 Å². The second-order valence-corrected chi connectivity index (χ2v) is 3.59. The molecule has 1 rings (SSSR count). The highest BCUT2D eigenvalue weighted by molar-refractivity contribution is 5.80. The van der Waals surface area contributed by atoms with E-state index in [0.717, 1.165) is 5.69 Å². The third kappa shape index (κ3) is 3.50. The number of hydrogen-bond acceptors (Lipinski definition) is 3. The van der Waals surface area contributed by atoms with E-state index in [1.165, 1.54) is 11.1 Å². The minimum atomic E-state index is 0.243. The third-order valence-corrected chi connectivity index (χ3v) is 2.22. The van der Waals surface area contributed by atoms with E-state index in [4.69, 9.17) is 10.9 Å². The summed E-state index contributed by atoms with van der Waals surface area (Å²) in [6.45, 7) is 4.76. The molecule has 0 unspecified atom stereocenters. The number of hydrogen-bond donors (Lipinski definition) is 3. The van der Waals surface area contributed by atoms with Crippen LogP contribution in [0.5, 0.6) is 0 Å². The highest BCUT2D eigenvalue weighted by atomic mass is 16.4. The van der Waals surface area contributed by atoms with Crippen LogP contribution in [0.3, 0.4) is 0 Å². The lowest BCUT2D eigenvalue weighted by atomic mass is 10.1. The number of oxime groups is 1. The minimum Gasteiger partial charge on any atom is -0.409 e. The van der Waals surface area contributed by atoms with Crippen molar-refractivity contribution in [2.75, 3.05) is 11.9 Å². The van der Waals surface area contributed by atoms with E-state index in [1.807, 2.05) is 13.8 Å². The molecule has 0 atom stereocenters. The number of anilines is 1. The van der Waals surface area contributed by atoms with Crippen molar-refractivity contribution in [1.29, 1.82) is 0 Å². The van der Waals surface area contributed by atoms with E-state index >= 15 is 0 Å². The zero-order valence-corrected chi connectivity index (χ0v) is 9.12. The van der Waals surface area contributed by atoms with Crippen molar-refractivity contribution in [2.24, 2.45) is 10.9 Å². The molecule has 4 nitrogen and oxygen atoms in total. The molecule has 1 aromatic rings. The average Bonchev–Trinajstić information content (AvgIpc) is 2.23. The van der Waals surface area contributed by atoms with Crippen LogP contribution in [0.2, 0.25) is 0 Å². The fourth-order valence-electron chi connectivity index (χ4n) is 1.30. The number of nitrogens with one attached hydrogen (secondary N) is 1. The molecule has 0 aliphatic carbocycles. The smallest absolute Gasteiger partial charge is 0.140 e. The first kappa shape index (κ1) is 11.4. The lowest BCUT2D eigenvalue weighted by Gasteiger charge is -2.09. The second-order valence-electron chi connectivity index (χ2n) is 3.59. The third-order valence-electron chi connectivity index (χ3n) is 2.22. The second kappa shape index (κ2) is 5.24. The molecule has 0 heterocycles. The van der Waals surface area contributed by atoms with Crippen LogP contribution in [0.25, 0.3) is 0 Å². The fourth-order valence-corrected chi connectivity index (χ4v) is 1.30. The van der Waals surface area contributed by atoms with Crippen LogP contribution in [0, 0.1) is 13.8 Å². The van der Waals surface area contributed by atoms with Crippen LogP contribution in [-0.4, -0.2) is 17.6 Å². The Bertz CT molecular complexity index is 361. The Morgan fingerprint density at radius 1 is 1.47 bits per heavy atom. The molecule has 0 bridgehead atoms. The van der Waals surface area contributed by atoms with Gasteiger partial charge in [-0.15, -0.1) is 0 Å². The molecular weight excluding hydrogens is 190 g/mol. The molecule has 4 N–H and O–H groups in total. The van der Waals surface area contributed by atoms with Gasteiger partial charge in [-0.1, -0.05) is 17.3 Å². The Balaban J connectivity index is 2.54. The zero-order chi connectivity index (χ0) is 11.3. The van der Waals surface area contributed by atoms with Gasteiger partial charge in [-0.2, -0.15) is 0 Å². The molecule has 0 saturated carbocycles. The van der Waals surface area contributed by atoms with E-state index < -0.39 is 0 Å². The number of nitrogens with zero attached hydrogens (tertiary/aromatic N) is 1. The fraction of sp³-hybridized carbons (Fsp3) is 0.364. The Morgan fingerprint density at radius 2 is 2.20 bits per heavy atom. The summed E-state index contributed by atoms with van der Waals surface area (Å²) in [5, 5.41) is 14.5. The Labute approximate surface area is 89.8 Å². The van der Waals surface area contributed by atoms with E-state index in [0.29, 0.717) is 13.0 Å². The number of aryl methyl sites for hydroxylation is 2. The molecule has 0 radical (unpaired) electrons. The molecule has 15 heavy (non-hydrogen) atoms. The normalized spacial score (nSPS) is 11.5. The lowest BCUT2D eigenvalue weighted by Crippen LogP contribution is -2.16. The average molecular weight is 207 g/mol. The van der Waals surface area contributed by atoms with Crippen LogP contribution in [0.1, 0.15) is 17.5 Å². The van der Waals surface area contributed by atoms with E-state index in [9.17, 15) is 0 Å². The molecular formula is C11H17N3O. The van der Waals surface area contributed by atoms with Crippen LogP contribution in [0.4, 0.5) is 5.69 Å². The van der Waals surface area contributed by atoms with Gasteiger partial charge >= 0.3 is 0 Å². The van der Waals surface area contributed by atoms with Gasteiger partial charge in [0.25, 0.3) is 0 Å². The van der Waals surface area contributed by atoms with Crippen molar-refractivity contribution >= 4 is 11.5 Å². The van der Waals surface area contributed by atoms with Crippen molar-refractivity contribution in [3.63, 3.8) is 0 Å². The maximum atomic E-state index is 8.37. The molecule has 0 spiro atoms. The standard InChI is InChI=1S/C11H17N3O/c1-8-3-4-9(2)10(7-8)13-6-5-11(12)14-15/h3-4,7,13,15H,5-6H2,1-2H3,(H2,12,14). The summed E-state index contributed by atoms with van der Waals surface area (Å²) in [6.07, 6.45) is 0.532. The first-order chi connectivity index (χ1) is 7.13. The quantitative estimate of drug-likeness (QED) is 0.305. The Morgan fingerprint density at radius 3 is 2.87 bits per heavy atom. The SMILES string of the molecule is Cc1ccc(C)c(NCC/C(N)=N/O)c1. The molecule has 0 aromatic heterocycles. The summed E-state index contributed by atoms with van der Waals surface area (Å²) >= 11 is 0. The van der Waals surface area contributed by atoms with Crippen LogP contribution in [-0.2, 0) is 0 Å². The van der Waals surface area contributed by atoms with E-state index in [1.54, 1.807) is 0 Å². The largest absolute Gasteiger partial charge is 0.409 e. The van der Waals surface area contributed by atoms with Crippen molar-refractivity contribution in [2.45, 2.75) is 20.3 Å². The van der Waals surface area contributed by atoms with E-state index in [-0.39, 0.29) is 5.84 Å². The Hall–Kier alpha value is -1.71. The molecule has 0 aliphatic rings. The summed E-state index contributed by atoms with van der Waals surface area (Å²) in [5.41, 5.74) is 8.87. The van der Waals surface area contributed by atoms with Gasteiger partial charge in [-0.3, -0.25) is 0 Å². The highest BCUT2D eigenvalue weighted by Gasteiger charge is 1.98. The van der Waals surface area contributed by atoms with Crippen molar-refractivity contribution < 1.29 is 5.21 Å². The van der Waals surface area contributed by atoms with Gasteiger partial charge in [0.1, 0.15) is 5.84 Å². The predicted molar refractivity (Wildman–Crippen MR) is 62.4 cm³/mol.